The molecule has 28 heavy (non-hydrogen) atoms. The highest BCUT2D eigenvalue weighted by molar-refractivity contribution is 5.85. The van der Waals surface area contributed by atoms with Crippen LogP contribution in [-0.4, -0.2) is 17.7 Å². The smallest absolute Gasteiger partial charge is 0.226 e. The molecule has 150 valence electrons. The average molecular weight is 379 g/mol. The second kappa shape index (κ2) is 6.43. The molecule has 2 unspecified atom stereocenters. The van der Waals surface area contributed by atoms with Gasteiger partial charge in [-0.1, -0.05) is 43.7 Å². The highest BCUT2D eigenvalue weighted by Gasteiger charge is 2.65. The van der Waals surface area contributed by atoms with Gasteiger partial charge in [0.15, 0.2) is 0 Å². The average Bonchev–Trinajstić information content (AvgIpc) is 2.69. The molecule has 1 amide bonds. The van der Waals surface area contributed by atoms with E-state index in [1.54, 1.807) is 0 Å². The van der Waals surface area contributed by atoms with Crippen molar-refractivity contribution in [2.24, 2.45) is 16.7 Å². The molecule has 1 aromatic rings. The summed E-state index contributed by atoms with van der Waals surface area (Å²) in [4.78, 5) is 13.7. The maximum absolute atomic E-state index is 13.7. The topological polar surface area (TPSA) is 53.0 Å². The Morgan fingerprint density at radius 2 is 1.82 bits per heavy atom. The van der Waals surface area contributed by atoms with Crippen molar-refractivity contribution in [2.45, 2.75) is 89.0 Å². The van der Waals surface area contributed by atoms with Crippen molar-refractivity contribution in [3.8, 4) is 0 Å². The number of carbonyl (C=O) groups is 1. The van der Waals surface area contributed by atoms with Gasteiger partial charge in [-0.25, -0.2) is 0 Å². The van der Waals surface area contributed by atoms with E-state index in [9.17, 15) is 4.79 Å². The molecule has 0 heterocycles. The van der Waals surface area contributed by atoms with Crippen LogP contribution in [0.25, 0.3) is 0 Å². The summed E-state index contributed by atoms with van der Waals surface area (Å²) < 4.78 is 0. The summed E-state index contributed by atoms with van der Waals surface area (Å²) in [5, 5.41) is 11.3. The van der Waals surface area contributed by atoms with E-state index in [-0.39, 0.29) is 16.9 Å². The Bertz CT molecular complexity index is 779. The molecule has 0 saturated heterocycles. The fraction of sp³-hybridized carbons (Fsp3) is 0.680. The highest BCUT2D eigenvalue weighted by atomic mass is 16.2. The lowest BCUT2D eigenvalue weighted by molar-refractivity contribution is -0.164. The third-order valence-corrected chi connectivity index (χ3v) is 8.73. The molecule has 5 saturated carbocycles. The largest absolute Gasteiger partial charge is 0.353 e. The molecule has 3 heteroatoms. The first kappa shape index (κ1) is 18.4. The van der Waals surface area contributed by atoms with E-state index in [0.29, 0.717) is 17.2 Å². The van der Waals surface area contributed by atoms with Crippen molar-refractivity contribution >= 4 is 11.6 Å². The zero-order valence-corrected chi connectivity index (χ0v) is 17.2. The number of hydrogen-bond acceptors (Lipinski definition) is 2. The van der Waals surface area contributed by atoms with E-state index < -0.39 is 0 Å². The van der Waals surface area contributed by atoms with E-state index in [4.69, 9.17) is 5.41 Å². The number of nitrogens with one attached hydrogen (secondary N) is 2. The van der Waals surface area contributed by atoms with E-state index in [0.717, 1.165) is 50.7 Å². The normalized spacial score (nSPS) is 41.8. The first-order valence-electron chi connectivity index (χ1n) is 11.4. The van der Waals surface area contributed by atoms with Crippen LogP contribution in [0.2, 0.25) is 0 Å². The Balaban J connectivity index is 1.46. The molecule has 3 nitrogen and oxygen atoms in total. The molecule has 5 aliphatic carbocycles. The summed E-state index contributed by atoms with van der Waals surface area (Å²) in [5.41, 5.74) is 2.70. The summed E-state index contributed by atoms with van der Waals surface area (Å²) in [5.74, 6) is 1.04. The van der Waals surface area contributed by atoms with Crippen LogP contribution in [0.15, 0.2) is 30.3 Å². The summed E-state index contributed by atoms with van der Waals surface area (Å²) in [6.07, 6.45) is 11.9. The van der Waals surface area contributed by atoms with Crippen LogP contribution >= 0.6 is 0 Å². The highest BCUT2D eigenvalue weighted by Crippen LogP contribution is 2.71. The number of hydrogen-bond donors (Lipinski definition) is 2. The SMILES string of the molecule is CC[C@]12CC3CC(C(=O)NC4CCC(=N)CC4)(C1)C[C@@](c1ccccc1)(C3)C2. The molecule has 1 aromatic carbocycles. The predicted molar refractivity (Wildman–Crippen MR) is 113 cm³/mol. The summed E-state index contributed by atoms with van der Waals surface area (Å²) in [6, 6.07) is 11.4. The van der Waals surface area contributed by atoms with Crippen LogP contribution in [0.4, 0.5) is 0 Å². The van der Waals surface area contributed by atoms with Gasteiger partial charge in [0.1, 0.15) is 0 Å². The van der Waals surface area contributed by atoms with Crippen LogP contribution in [0.1, 0.15) is 83.1 Å². The zero-order chi connectivity index (χ0) is 19.4. The minimum atomic E-state index is -0.170. The third-order valence-electron chi connectivity index (χ3n) is 8.73. The molecule has 0 aromatic heterocycles. The number of benzene rings is 1. The fourth-order valence-electron chi connectivity index (χ4n) is 7.85. The van der Waals surface area contributed by atoms with E-state index >= 15 is 0 Å². The van der Waals surface area contributed by atoms with Crippen molar-refractivity contribution in [3.05, 3.63) is 35.9 Å². The molecule has 2 N–H and O–H groups in total. The van der Waals surface area contributed by atoms with Gasteiger partial charge in [0.05, 0.1) is 5.41 Å². The molecule has 4 bridgehead atoms. The standard InChI is InChI=1S/C25H34N2O/c1-2-23-12-18-13-24(15-23,19-6-4-3-5-7-19)17-25(14-18,16-23)22(28)27-21-10-8-20(26)9-11-21/h3-7,18,21,26H,2,8-17H2,1H3,(H,27,28)/t18?,21?,23-,24-,25?/m1/s1. The van der Waals surface area contributed by atoms with Gasteiger partial charge in [-0.05, 0) is 86.5 Å². The van der Waals surface area contributed by atoms with Crippen LogP contribution in [0.3, 0.4) is 0 Å². The minimum Gasteiger partial charge on any atom is -0.353 e. The molecular weight excluding hydrogens is 344 g/mol. The van der Waals surface area contributed by atoms with Gasteiger partial charge in [-0.15, -0.1) is 0 Å². The first-order chi connectivity index (χ1) is 13.5. The maximum atomic E-state index is 13.7. The predicted octanol–water partition coefficient (Wildman–Crippen LogP) is 5.38. The quantitative estimate of drug-likeness (QED) is 0.726. The summed E-state index contributed by atoms with van der Waals surface area (Å²) >= 11 is 0. The molecular formula is C25H34N2O. The Morgan fingerprint density at radius 1 is 1.07 bits per heavy atom. The van der Waals surface area contributed by atoms with Crippen molar-refractivity contribution in [1.29, 1.82) is 5.41 Å². The zero-order valence-electron chi connectivity index (χ0n) is 17.2. The Kier molecular flexibility index (Phi) is 4.23. The second-order valence-electron chi connectivity index (χ2n) is 10.6. The monoisotopic (exact) mass is 378 g/mol. The van der Waals surface area contributed by atoms with Crippen LogP contribution in [0, 0.1) is 22.2 Å². The molecule has 4 atom stereocenters. The minimum absolute atomic E-state index is 0.170. The van der Waals surface area contributed by atoms with Crippen molar-refractivity contribution < 1.29 is 4.79 Å². The van der Waals surface area contributed by atoms with Crippen LogP contribution < -0.4 is 5.32 Å². The lowest BCUT2D eigenvalue weighted by Gasteiger charge is -2.66. The third kappa shape index (κ3) is 2.84. The van der Waals surface area contributed by atoms with E-state index in [1.165, 1.54) is 31.2 Å². The van der Waals surface area contributed by atoms with Crippen molar-refractivity contribution in [2.75, 3.05) is 0 Å². The van der Waals surface area contributed by atoms with E-state index in [1.807, 2.05) is 0 Å². The van der Waals surface area contributed by atoms with Crippen LogP contribution in [-0.2, 0) is 10.2 Å². The number of carbonyl (C=O) groups excluding carboxylic acids is 1. The van der Waals surface area contributed by atoms with Gasteiger partial charge >= 0.3 is 0 Å². The molecule has 0 radical (unpaired) electrons. The maximum Gasteiger partial charge on any atom is 0.226 e. The van der Waals surface area contributed by atoms with Gasteiger partial charge in [0.25, 0.3) is 0 Å². The summed E-state index contributed by atoms with van der Waals surface area (Å²) in [6.45, 7) is 2.35. The Hall–Kier alpha value is -1.64. The van der Waals surface area contributed by atoms with Crippen LogP contribution in [0.5, 0.6) is 0 Å². The molecule has 0 spiro atoms. The van der Waals surface area contributed by atoms with Gasteiger partial charge in [-0.3, -0.25) is 4.79 Å². The number of amides is 1. The lowest BCUT2D eigenvalue weighted by Crippen LogP contribution is -2.63. The molecule has 5 fully saturated rings. The lowest BCUT2D eigenvalue weighted by atomic mass is 9.38. The molecule has 0 aliphatic heterocycles. The first-order valence-corrected chi connectivity index (χ1v) is 11.4. The Labute approximate surface area is 169 Å². The second-order valence-corrected chi connectivity index (χ2v) is 10.6. The summed E-state index contributed by atoms with van der Waals surface area (Å²) in [7, 11) is 0. The van der Waals surface area contributed by atoms with Gasteiger partial charge < -0.3 is 10.7 Å². The van der Waals surface area contributed by atoms with Crippen molar-refractivity contribution in [1.82, 2.24) is 5.32 Å². The number of rotatable bonds is 4. The molecule has 6 rings (SSSR count). The van der Waals surface area contributed by atoms with Gasteiger partial charge in [-0.2, -0.15) is 0 Å². The van der Waals surface area contributed by atoms with Gasteiger partial charge in [0, 0.05) is 11.8 Å². The van der Waals surface area contributed by atoms with E-state index in [2.05, 4.69) is 42.6 Å². The molecule has 5 aliphatic rings. The fourth-order valence-corrected chi connectivity index (χ4v) is 7.85. The Morgan fingerprint density at radius 3 is 2.54 bits per heavy atom. The van der Waals surface area contributed by atoms with Crippen molar-refractivity contribution in [3.63, 3.8) is 0 Å². The van der Waals surface area contributed by atoms with Gasteiger partial charge in [0.2, 0.25) is 5.91 Å².